The molecule has 0 aromatic carbocycles. The largest absolute Gasteiger partial charge is 0.481 e. The molecule has 25 heavy (non-hydrogen) atoms. The van der Waals surface area contributed by atoms with Gasteiger partial charge in [0.1, 0.15) is 0 Å². The second-order valence-corrected chi connectivity index (χ2v) is 7.07. The fourth-order valence-corrected chi connectivity index (χ4v) is 4.03. The fraction of sp³-hybridized carbons (Fsp3) is 0.667. The zero-order chi connectivity index (χ0) is 18.7. The molecule has 0 bridgehead atoms. The molecular weight excluding hydrogens is 370 g/mol. The minimum absolute atomic E-state index is 0.0455. The van der Waals surface area contributed by atoms with Crippen LogP contribution in [0.15, 0.2) is 9.81 Å². The molecule has 0 unspecified atom stereocenters. The molecule has 1 rings (SSSR count). The van der Waals surface area contributed by atoms with Crippen molar-refractivity contribution in [3.8, 4) is 0 Å². The number of carbonyl (C=O) groups excluding carboxylic acids is 2. The summed E-state index contributed by atoms with van der Waals surface area (Å²) in [5.74, 6) is -0.492. The molecule has 2 amide bonds. The molecule has 10 heteroatoms. The van der Waals surface area contributed by atoms with E-state index in [4.69, 9.17) is 19.3 Å². The third-order valence-corrected chi connectivity index (χ3v) is 5.28. The minimum atomic E-state index is -0.955. The number of nitrogens with zero attached hydrogens (tertiary/aromatic N) is 1. The lowest BCUT2D eigenvalue weighted by Gasteiger charge is -2.14. The summed E-state index contributed by atoms with van der Waals surface area (Å²) in [7, 11) is 3.15. The van der Waals surface area contributed by atoms with Crippen LogP contribution in [-0.4, -0.2) is 86.5 Å². The Labute approximate surface area is 155 Å². The SMILES string of the molecule is COCCSC1=C(SCCOC)C(=O)N(CCOCCC(=O)O)C1=O. The van der Waals surface area contributed by atoms with Gasteiger partial charge in [-0.1, -0.05) is 0 Å². The van der Waals surface area contributed by atoms with Gasteiger partial charge in [0.2, 0.25) is 0 Å². The van der Waals surface area contributed by atoms with Gasteiger partial charge in [0, 0.05) is 25.7 Å². The predicted octanol–water partition coefficient (Wildman–Crippen LogP) is 0.817. The van der Waals surface area contributed by atoms with Crippen LogP contribution in [0.2, 0.25) is 0 Å². The maximum Gasteiger partial charge on any atom is 0.305 e. The normalized spacial score (nSPS) is 14.7. The lowest BCUT2D eigenvalue weighted by atomic mass is 10.5. The first-order chi connectivity index (χ1) is 12.0. The minimum Gasteiger partial charge on any atom is -0.481 e. The van der Waals surface area contributed by atoms with E-state index in [9.17, 15) is 14.4 Å². The number of aliphatic carboxylic acids is 1. The quantitative estimate of drug-likeness (QED) is 0.339. The first-order valence-electron chi connectivity index (χ1n) is 7.66. The molecule has 8 nitrogen and oxygen atoms in total. The number of imide groups is 1. The Balaban J connectivity index is 2.63. The van der Waals surface area contributed by atoms with Crippen LogP contribution in [0.5, 0.6) is 0 Å². The van der Waals surface area contributed by atoms with Gasteiger partial charge < -0.3 is 19.3 Å². The van der Waals surface area contributed by atoms with Gasteiger partial charge in [0.05, 0.1) is 49.2 Å². The van der Waals surface area contributed by atoms with E-state index in [1.165, 1.54) is 23.5 Å². The summed E-state index contributed by atoms with van der Waals surface area (Å²) in [6.45, 7) is 1.20. The van der Waals surface area contributed by atoms with Crippen LogP contribution in [0.1, 0.15) is 6.42 Å². The predicted molar refractivity (Wildman–Crippen MR) is 95.5 cm³/mol. The van der Waals surface area contributed by atoms with E-state index in [2.05, 4.69) is 0 Å². The first kappa shape index (κ1) is 22.0. The van der Waals surface area contributed by atoms with Crippen LogP contribution in [0, 0.1) is 0 Å². The molecule has 0 radical (unpaired) electrons. The van der Waals surface area contributed by atoms with Crippen molar-refractivity contribution >= 4 is 41.3 Å². The molecule has 0 atom stereocenters. The molecule has 0 aliphatic carbocycles. The Hall–Kier alpha value is -1.07. The van der Waals surface area contributed by atoms with E-state index in [1.54, 1.807) is 14.2 Å². The summed E-state index contributed by atoms with van der Waals surface area (Å²) in [4.78, 5) is 37.5. The Kier molecular flexibility index (Phi) is 10.8. The third kappa shape index (κ3) is 7.37. The van der Waals surface area contributed by atoms with Gasteiger partial charge in [0.15, 0.2) is 0 Å². The maximum absolute atomic E-state index is 12.5. The van der Waals surface area contributed by atoms with Crippen LogP contribution in [0.4, 0.5) is 0 Å². The topological polar surface area (TPSA) is 102 Å². The van der Waals surface area contributed by atoms with Crippen molar-refractivity contribution in [2.45, 2.75) is 6.42 Å². The van der Waals surface area contributed by atoms with Crippen molar-refractivity contribution in [1.29, 1.82) is 0 Å². The Bertz CT molecular complexity index is 478. The van der Waals surface area contributed by atoms with Crippen molar-refractivity contribution < 1.29 is 33.7 Å². The van der Waals surface area contributed by atoms with Crippen LogP contribution < -0.4 is 0 Å². The van der Waals surface area contributed by atoms with Gasteiger partial charge >= 0.3 is 5.97 Å². The highest BCUT2D eigenvalue weighted by atomic mass is 32.2. The van der Waals surface area contributed by atoms with Gasteiger partial charge in [-0.15, -0.1) is 23.5 Å². The van der Waals surface area contributed by atoms with E-state index in [-0.39, 0.29) is 38.0 Å². The zero-order valence-electron chi connectivity index (χ0n) is 14.3. The van der Waals surface area contributed by atoms with E-state index in [0.717, 1.165) is 4.90 Å². The summed E-state index contributed by atoms with van der Waals surface area (Å²) in [6.07, 6.45) is -0.115. The maximum atomic E-state index is 12.5. The number of methoxy groups -OCH3 is 2. The van der Waals surface area contributed by atoms with Gasteiger partial charge in [0.25, 0.3) is 11.8 Å². The summed E-state index contributed by atoms with van der Waals surface area (Å²) >= 11 is 2.60. The van der Waals surface area contributed by atoms with E-state index in [1.807, 2.05) is 0 Å². The number of carbonyl (C=O) groups is 3. The third-order valence-electron chi connectivity index (χ3n) is 3.07. The smallest absolute Gasteiger partial charge is 0.305 e. The molecule has 0 saturated heterocycles. The van der Waals surface area contributed by atoms with Crippen molar-refractivity contribution in [3.05, 3.63) is 9.81 Å². The Morgan fingerprint density at radius 1 is 0.960 bits per heavy atom. The van der Waals surface area contributed by atoms with Crippen LogP contribution >= 0.6 is 23.5 Å². The van der Waals surface area contributed by atoms with Crippen molar-refractivity contribution in [1.82, 2.24) is 4.90 Å². The van der Waals surface area contributed by atoms with Crippen molar-refractivity contribution in [3.63, 3.8) is 0 Å². The van der Waals surface area contributed by atoms with Gasteiger partial charge in [-0.2, -0.15) is 0 Å². The molecule has 0 spiro atoms. The van der Waals surface area contributed by atoms with Crippen molar-refractivity contribution in [2.75, 3.05) is 58.7 Å². The highest BCUT2D eigenvalue weighted by molar-refractivity contribution is 8.08. The van der Waals surface area contributed by atoms with Crippen LogP contribution in [0.25, 0.3) is 0 Å². The molecule has 0 fully saturated rings. The molecule has 0 aromatic heterocycles. The summed E-state index contributed by atoms with van der Waals surface area (Å²) in [5.41, 5.74) is 0. The summed E-state index contributed by atoms with van der Waals surface area (Å²) in [5, 5.41) is 8.55. The van der Waals surface area contributed by atoms with Gasteiger partial charge in [-0.05, 0) is 0 Å². The molecule has 1 aliphatic rings. The number of hydrogen-bond acceptors (Lipinski definition) is 8. The average Bonchev–Trinajstić information content (AvgIpc) is 2.79. The lowest BCUT2D eigenvalue weighted by Crippen LogP contribution is -2.34. The molecule has 1 aliphatic heterocycles. The van der Waals surface area contributed by atoms with E-state index < -0.39 is 5.97 Å². The lowest BCUT2D eigenvalue weighted by molar-refractivity contribution is -0.140. The van der Waals surface area contributed by atoms with E-state index in [0.29, 0.717) is 34.5 Å². The molecule has 1 N–H and O–H groups in total. The molecule has 1 heterocycles. The number of carboxylic acid groups (broad SMARTS) is 1. The molecule has 0 saturated carbocycles. The monoisotopic (exact) mass is 393 g/mol. The summed E-state index contributed by atoms with van der Waals surface area (Å²) in [6, 6.07) is 0. The summed E-state index contributed by atoms with van der Waals surface area (Å²) < 4.78 is 15.1. The zero-order valence-corrected chi connectivity index (χ0v) is 16.0. The second kappa shape index (κ2) is 12.3. The van der Waals surface area contributed by atoms with E-state index >= 15 is 0 Å². The van der Waals surface area contributed by atoms with Gasteiger partial charge in [-0.25, -0.2) is 0 Å². The first-order valence-corrected chi connectivity index (χ1v) is 9.63. The van der Waals surface area contributed by atoms with Crippen molar-refractivity contribution in [2.24, 2.45) is 0 Å². The molecular formula is C15H23NO7S2. The number of amides is 2. The van der Waals surface area contributed by atoms with Crippen LogP contribution in [0.3, 0.4) is 0 Å². The Morgan fingerprint density at radius 2 is 1.48 bits per heavy atom. The molecule has 142 valence electrons. The average molecular weight is 393 g/mol. The number of hydrogen-bond donors (Lipinski definition) is 1. The highest BCUT2D eigenvalue weighted by Crippen LogP contribution is 2.36. The standard InChI is InChI=1S/C15H23NO7S2/c1-21-7-9-24-12-13(25-10-8-22-2)15(20)16(14(12)19)4-6-23-5-3-11(17)18/h3-10H2,1-2H3,(H,17,18). The number of ether oxygens (including phenoxy) is 3. The van der Waals surface area contributed by atoms with Crippen LogP contribution in [-0.2, 0) is 28.6 Å². The number of carboxylic acids is 1. The number of rotatable bonds is 14. The Morgan fingerprint density at radius 3 is 1.92 bits per heavy atom. The molecule has 0 aromatic rings. The second-order valence-electron chi connectivity index (χ2n) is 4.86. The number of thioether (sulfide) groups is 2. The van der Waals surface area contributed by atoms with Gasteiger partial charge in [-0.3, -0.25) is 19.3 Å². The highest BCUT2D eigenvalue weighted by Gasteiger charge is 2.38. The fourth-order valence-electron chi connectivity index (χ4n) is 1.86.